The smallest absolute Gasteiger partial charge is 0.337 e. The number of rotatable bonds is 18. The van der Waals surface area contributed by atoms with E-state index >= 15 is 0 Å². The molecule has 0 fully saturated rings. The van der Waals surface area contributed by atoms with E-state index in [9.17, 15) is 9.90 Å². The Morgan fingerprint density at radius 1 is 0.723 bits per heavy atom. The minimum absolute atomic E-state index is 0.0350. The van der Waals surface area contributed by atoms with Gasteiger partial charge in [0, 0.05) is 5.41 Å². The van der Waals surface area contributed by atoms with E-state index in [-0.39, 0.29) is 24.9 Å². The Labute approximate surface area is 282 Å². The number of carbonyl (C=O) groups is 1. The lowest BCUT2D eigenvalue weighted by Gasteiger charge is -2.45. The molecule has 0 amide bonds. The fourth-order valence-electron chi connectivity index (χ4n) is 4.94. The minimum atomic E-state index is -2.21. The van der Waals surface area contributed by atoms with Gasteiger partial charge in [-0.1, -0.05) is 107 Å². The molecule has 0 radical (unpaired) electrons. The van der Waals surface area contributed by atoms with Crippen LogP contribution in [0.15, 0.2) is 84.9 Å². The average molecular weight is 667 g/mol. The molecule has 1 N–H and O–H groups in total. The van der Waals surface area contributed by atoms with Gasteiger partial charge in [0.15, 0.2) is 14.4 Å². The maximum atomic E-state index is 13.1. The van der Waals surface area contributed by atoms with E-state index in [4.69, 9.17) is 28.1 Å². The van der Waals surface area contributed by atoms with Crippen LogP contribution >= 0.6 is 0 Å². The first kappa shape index (κ1) is 38.4. The van der Waals surface area contributed by atoms with Gasteiger partial charge in [0.1, 0.15) is 11.9 Å². The van der Waals surface area contributed by atoms with Gasteiger partial charge in [-0.25, -0.2) is 4.79 Å². The fraction of sp³-hybridized carbons (Fsp3) is 0.500. The van der Waals surface area contributed by atoms with Gasteiger partial charge in [0.05, 0.1) is 52.9 Å². The van der Waals surface area contributed by atoms with E-state index in [0.717, 1.165) is 22.4 Å². The van der Waals surface area contributed by atoms with Crippen LogP contribution in [0.3, 0.4) is 0 Å². The van der Waals surface area contributed by atoms with Crippen molar-refractivity contribution >= 4 is 14.3 Å². The summed E-state index contributed by atoms with van der Waals surface area (Å²) in [6.07, 6.45) is -3.95. The number of hydrogen-bond donors (Lipinski definition) is 1. The minimum Gasteiger partial charge on any atom is -0.497 e. The second-order valence-corrected chi connectivity index (χ2v) is 18.8. The van der Waals surface area contributed by atoms with Crippen molar-refractivity contribution in [2.45, 2.75) is 97.0 Å². The van der Waals surface area contributed by atoms with Crippen LogP contribution in [0, 0.1) is 5.41 Å². The number of aliphatic hydroxyl groups is 1. The molecule has 0 saturated carbocycles. The Morgan fingerprint density at radius 2 is 1.21 bits per heavy atom. The van der Waals surface area contributed by atoms with Crippen LogP contribution in [0.2, 0.25) is 18.1 Å². The summed E-state index contributed by atoms with van der Waals surface area (Å²) in [5.41, 5.74) is 1.69. The Balaban J connectivity index is 2.00. The number of esters is 1. The molecule has 0 aliphatic rings. The number of aliphatic hydroxyl groups excluding tert-OH is 1. The van der Waals surface area contributed by atoms with Crippen LogP contribution in [-0.2, 0) is 48.0 Å². The summed E-state index contributed by atoms with van der Waals surface area (Å²) in [4.78, 5) is 13.1. The van der Waals surface area contributed by atoms with E-state index < -0.39 is 44.1 Å². The molecule has 0 bridgehead atoms. The highest BCUT2D eigenvalue weighted by molar-refractivity contribution is 6.74. The molecule has 3 aromatic rings. The molecule has 4 atom stereocenters. The van der Waals surface area contributed by atoms with Crippen LogP contribution in [0.5, 0.6) is 5.75 Å². The van der Waals surface area contributed by atoms with Gasteiger partial charge in [0.25, 0.3) is 0 Å². The quantitative estimate of drug-likeness (QED) is 0.111. The summed E-state index contributed by atoms with van der Waals surface area (Å²) in [5.74, 6) is 0.0686. The highest BCUT2D eigenvalue weighted by atomic mass is 28.4. The molecule has 0 spiro atoms. The zero-order valence-corrected chi connectivity index (χ0v) is 30.5. The van der Waals surface area contributed by atoms with Crippen molar-refractivity contribution in [1.29, 1.82) is 0 Å². The summed E-state index contributed by atoms with van der Waals surface area (Å²) in [6, 6.07) is 27.0. The SMILES string of the molecule is COC(=O)[C@H](OCc1ccccc1)[C@H](O)C(C)(C)[C@@H](OCc1ccc(OC)cc1)[C@H](CO[Si](C)(C)C(C)(C)C)OCc1ccccc1. The highest BCUT2D eigenvalue weighted by Gasteiger charge is 2.49. The number of carbonyl (C=O) groups excluding carboxylic acids is 1. The first-order valence-corrected chi connectivity index (χ1v) is 19.1. The maximum Gasteiger partial charge on any atom is 0.337 e. The van der Waals surface area contributed by atoms with Gasteiger partial charge in [-0.15, -0.1) is 0 Å². The zero-order valence-electron chi connectivity index (χ0n) is 29.5. The van der Waals surface area contributed by atoms with Crippen molar-refractivity contribution in [3.05, 3.63) is 102 Å². The fourth-order valence-corrected chi connectivity index (χ4v) is 5.95. The Bertz CT molecular complexity index is 1340. The van der Waals surface area contributed by atoms with Crippen LogP contribution < -0.4 is 4.74 Å². The maximum absolute atomic E-state index is 13.1. The molecule has 0 heterocycles. The molecule has 9 heteroatoms. The summed E-state index contributed by atoms with van der Waals surface area (Å²) < 4.78 is 36.6. The number of methoxy groups -OCH3 is 2. The van der Waals surface area contributed by atoms with Gasteiger partial charge in [-0.3, -0.25) is 0 Å². The molecule has 0 unspecified atom stereocenters. The Kier molecular flexibility index (Phi) is 14.2. The summed E-state index contributed by atoms with van der Waals surface area (Å²) in [6.45, 7) is 15.6. The lowest BCUT2D eigenvalue weighted by molar-refractivity contribution is -0.201. The topological polar surface area (TPSA) is 92.7 Å². The first-order valence-electron chi connectivity index (χ1n) is 16.1. The third-order valence-electron chi connectivity index (χ3n) is 9.14. The van der Waals surface area contributed by atoms with Crippen LogP contribution in [0.25, 0.3) is 0 Å². The summed E-state index contributed by atoms with van der Waals surface area (Å²) >= 11 is 0. The molecule has 0 aliphatic carbocycles. The molecular formula is C38H54O8Si. The van der Waals surface area contributed by atoms with Gasteiger partial charge in [0.2, 0.25) is 0 Å². The monoisotopic (exact) mass is 666 g/mol. The Morgan fingerprint density at radius 3 is 1.70 bits per heavy atom. The van der Waals surface area contributed by atoms with Gasteiger partial charge in [-0.05, 0) is 47.0 Å². The molecule has 3 aromatic carbocycles. The average Bonchev–Trinajstić information content (AvgIpc) is 3.06. The van der Waals surface area contributed by atoms with E-state index in [1.807, 2.05) is 98.8 Å². The number of benzene rings is 3. The van der Waals surface area contributed by atoms with Gasteiger partial charge < -0.3 is 33.2 Å². The summed E-state index contributed by atoms with van der Waals surface area (Å²) in [7, 11) is 0.702. The molecule has 3 rings (SSSR count). The zero-order chi connectivity index (χ0) is 34.7. The predicted octanol–water partition coefficient (Wildman–Crippen LogP) is 7.33. The number of ether oxygens (including phenoxy) is 5. The first-order chi connectivity index (χ1) is 22.2. The molecule has 47 heavy (non-hydrogen) atoms. The normalized spacial score (nSPS) is 15.0. The number of hydrogen-bond acceptors (Lipinski definition) is 8. The van der Waals surface area contributed by atoms with E-state index in [0.29, 0.717) is 6.61 Å². The van der Waals surface area contributed by atoms with E-state index in [2.05, 4.69) is 33.9 Å². The van der Waals surface area contributed by atoms with Crippen molar-refractivity contribution in [3.8, 4) is 5.75 Å². The summed E-state index contributed by atoms with van der Waals surface area (Å²) in [5, 5.41) is 12.0. The third kappa shape index (κ3) is 11.0. The molecule has 0 aliphatic heterocycles. The van der Waals surface area contributed by atoms with E-state index in [1.165, 1.54) is 7.11 Å². The highest BCUT2D eigenvalue weighted by Crippen LogP contribution is 2.39. The van der Waals surface area contributed by atoms with Gasteiger partial charge >= 0.3 is 5.97 Å². The lowest BCUT2D eigenvalue weighted by Crippen LogP contribution is -2.57. The molecule has 0 saturated heterocycles. The second-order valence-electron chi connectivity index (χ2n) is 14.0. The van der Waals surface area contributed by atoms with Crippen molar-refractivity contribution in [3.63, 3.8) is 0 Å². The largest absolute Gasteiger partial charge is 0.497 e. The van der Waals surface area contributed by atoms with Crippen molar-refractivity contribution < 1.29 is 38.0 Å². The standard InChI is InChI=1S/C38H54O8Si/c1-37(2,3)47(8,9)46-27-32(43-24-28-16-12-10-13-17-28)35(45-26-30-20-22-31(41-6)23-21-30)38(4,5)34(39)33(36(40)42-7)44-25-29-18-14-11-15-19-29/h10-23,32-35,39H,24-27H2,1-9H3/t32-,33+,34-,35-/m0/s1. The third-order valence-corrected chi connectivity index (χ3v) is 13.6. The van der Waals surface area contributed by atoms with Crippen LogP contribution in [0.1, 0.15) is 51.3 Å². The van der Waals surface area contributed by atoms with Crippen LogP contribution in [-0.4, -0.2) is 64.6 Å². The molecule has 0 aromatic heterocycles. The van der Waals surface area contributed by atoms with Crippen molar-refractivity contribution in [2.75, 3.05) is 20.8 Å². The molecule has 258 valence electrons. The second kappa shape index (κ2) is 17.4. The molecular weight excluding hydrogens is 612 g/mol. The molecule has 8 nitrogen and oxygen atoms in total. The van der Waals surface area contributed by atoms with Gasteiger partial charge in [-0.2, -0.15) is 0 Å². The van der Waals surface area contributed by atoms with Crippen molar-refractivity contribution in [2.24, 2.45) is 5.41 Å². The Hall–Kier alpha value is -3.05. The lowest BCUT2D eigenvalue weighted by atomic mass is 9.76. The predicted molar refractivity (Wildman–Crippen MR) is 187 cm³/mol. The van der Waals surface area contributed by atoms with E-state index in [1.54, 1.807) is 7.11 Å². The van der Waals surface area contributed by atoms with Crippen molar-refractivity contribution in [1.82, 2.24) is 0 Å². The van der Waals surface area contributed by atoms with Crippen LogP contribution in [0.4, 0.5) is 0 Å².